The normalized spacial score (nSPS) is 20.0. The molecule has 1 N–H and O–H groups in total. The van der Waals surface area contributed by atoms with Crippen molar-refractivity contribution in [1.82, 2.24) is 9.97 Å². The molecule has 1 aromatic rings. The van der Waals surface area contributed by atoms with Crippen LogP contribution in [0.2, 0.25) is 0 Å². The summed E-state index contributed by atoms with van der Waals surface area (Å²) in [7, 11) is 0. The monoisotopic (exact) mass is 138 g/mol. The molecule has 0 unspecified atom stereocenters. The van der Waals surface area contributed by atoms with Crippen LogP contribution in [0.5, 0.6) is 5.75 Å². The topological polar surface area (TPSA) is 46.0 Å². The lowest BCUT2D eigenvalue weighted by molar-refractivity contribution is 0.468. The van der Waals surface area contributed by atoms with E-state index in [0.717, 1.165) is 12.8 Å². The summed E-state index contributed by atoms with van der Waals surface area (Å²) in [4.78, 5) is 7.56. The largest absolute Gasteiger partial charge is 0.505 e. The molecular formula is C7H8N2O. The molecule has 1 saturated carbocycles. The van der Waals surface area contributed by atoms with Gasteiger partial charge < -0.3 is 5.11 Å². The van der Waals surface area contributed by atoms with Gasteiger partial charge in [-0.2, -0.15) is 0 Å². The van der Waals surface area contributed by atoms with Crippen molar-refractivity contribution in [2.75, 3.05) is 0 Å². The van der Waals surface area contributed by atoms with E-state index < -0.39 is 5.75 Å². The fraction of sp³-hybridized carbons (Fsp3) is 0.429. The van der Waals surface area contributed by atoms with E-state index >= 15 is 0 Å². The highest BCUT2D eigenvalue weighted by atomic mass is 16.3. The Hall–Kier alpha value is -1.12. The molecule has 2 rings (SSSR count). The number of rotatable bonds is 1. The molecule has 1 aromatic heterocycles. The molecule has 1 fully saturated rings. The molecule has 0 saturated heterocycles. The van der Waals surface area contributed by atoms with Gasteiger partial charge in [0.15, 0.2) is 5.75 Å². The second-order valence-corrected chi connectivity index (χ2v) is 2.43. The smallest absolute Gasteiger partial charge is 0.152 e. The first kappa shape index (κ1) is 3.91. The summed E-state index contributed by atoms with van der Waals surface area (Å²) < 4.78 is 14.4. The molecule has 1 aliphatic rings. The Labute approximate surface area is 61.6 Å². The molecule has 52 valence electrons. The second-order valence-electron chi connectivity index (χ2n) is 2.43. The van der Waals surface area contributed by atoms with Crippen LogP contribution in [0.1, 0.15) is 27.3 Å². The summed E-state index contributed by atoms with van der Waals surface area (Å²) in [6.45, 7) is 0. The van der Waals surface area contributed by atoms with Crippen LogP contribution in [0.15, 0.2) is 12.3 Å². The van der Waals surface area contributed by atoms with Gasteiger partial charge >= 0.3 is 0 Å². The van der Waals surface area contributed by atoms with Gasteiger partial charge in [-0.1, -0.05) is 0 Å². The lowest BCUT2D eigenvalue weighted by Gasteiger charge is -1.93. The standard InChI is InChI=1S/C7H8N2O/c10-6-3-8-7(9-4-6)5-1-2-5/h3-5,10H,1-2H2/i3D,4D. The summed E-state index contributed by atoms with van der Waals surface area (Å²) in [6.07, 6.45) is 1.58. The van der Waals surface area contributed by atoms with Crippen LogP contribution >= 0.6 is 0 Å². The molecule has 0 bridgehead atoms. The van der Waals surface area contributed by atoms with E-state index in [2.05, 4.69) is 9.97 Å². The summed E-state index contributed by atoms with van der Waals surface area (Å²) in [5.74, 6) is 0.418. The number of aromatic hydroxyl groups is 1. The van der Waals surface area contributed by atoms with Crippen LogP contribution in [-0.4, -0.2) is 15.1 Å². The Morgan fingerprint density at radius 1 is 1.50 bits per heavy atom. The Morgan fingerprint density at radius 3 is 2.60 bits per heavy atom. The highest BCUT2D eigenvalue weighted by molar-refractivity contribution is 5.13. The molecule has 1 heterocycles. The molecule has 0 aliphatic heterocycles. The van der Waals surface area contributed by atoms with Crippen molar-refractivity contribution < 1.29 is 7.85 Å². The predicted octanol–water partition coefficient (Wildman–Crippen LogP) is 1.06. The quantitative estimate of drug-likeness (QED) is 0.631. The van der Waals surface area contributed by atoms with Crippen molar-refractivity contribution in [3.63, 3.8) is 0 Å². The zero-order valence-corrected chi connectivity index (χ0v) is 5.33. The minimum Gasteiger partial charge on any atom is -0.505 e. The summed E-state index contributed by atoms with van der Waals surface area (Å²) in [5, 5.41) is 9.03. The van der Waals surface area contributed by atoms with Crippen molar-refractivity contribution in [1.29, 1.82) is 0 Å². The maximum absolute atomic E-state index is 9.03. The summed E-state index contributed by atoms with van der Waals surface area (Å²) in [5.41, 5.74) is 0. The third kappa shape index (κ3) is 0.943. The average Bonchev–Trinajstić information content (AvgIpc) is 2.81. The molecule has 10 heavy (non-hydrogen) atoms. The SMILES string of the molecule is [2H]c1nc(C2CC2)nc([2H])c1O. The zero-order valence-electron chi connectivity index (χ0n) is 7.33. The van der Waals surface area contributed by atoms with Crippen LogP contribution in [0.3, 0.4) is 0 Å². The van der Waals surface area contributed by atoms with E-state index in [9.17, 15) is 0 Å². The van der Waals surface area contributed by atoms with E-state index in [1.165, 1.54) is 0 Å². The van der Waals surface area contributed by atoms with Crippen LogP contribution in [0.4, 0.5) is 0 Å². The zero-order chi connectivity index (χ0) is 8.72. The van der Waals surface area contributed by atoms with Gasteiger partial charge in [0.1, 0.15) is 5.82 Å². The summed E-state index contributed by atoms with van der Waals surface area (Å²) in [6, 6.07) is 0. The highest BCUT2D eigenvalue weighted by Crippen LogP contribution is 2.37. The van der Waals surface area contributed by atoms with Crippen LogP contribution in [0.25, 0.3) is 0 Å². The third-order valence-corrected chi connectivity index (χ3v) is 1.50. The molecule has 0 amide bonds. The van der Waals surface area contributed by atoms with Gasteiger partial charge in [-0.05, 0) is 12.8 Å². The van der Waals surface area contributed by atoms with E-state index in [0.29, 0.717) is 11.7 Å². The maximum atomic E-state index is 9.03. The number of aromatic nitrogens is 2. The van der Waals surface area contributed by atoms with Gasteiger partial charge in [0.25, 0.3) is 0 Å². The van der Waals surface area contributed by atoms with E-state index in [-0.39, 0.29) is 12.3 Å². The molecule has 0 spiro atoms. The first-order valence-electron chi connectivity index (χ1n) is 4.22. The van der Waals surface area contributed by atoms with E-state index in [1.807, 2.05) is 0 Å². The van der Waals surface area contributed by atoms with Crippen LogP contribution in [0, 0.1) is 0 Å². The molecule has 3 heteroatoms. The van der Waals surface area contributed by atoms with Gasteiger partial charge in [-0.25, -0.2) is 9.97 Å². The number of hydrogen-bond acceptors (Lipinski definition) is 3. The van der Waals surface area contributed by atoms with Gasteiger partial charge in [0.05, 0.1) is 15.1 Å². The second kappa shape index (κ2) is 1.94. The Morgan fingerprint density at radius 2 is 2.10 bits per heavy atom. The summed E-state index contributed by atoms with van der Waals surface area (Å²) >= 11 is 0. The van der Waals surface area contributed by atoms with Crippen molar-refractivity contribution in [3.8, 4) is 5.75 Å². The first-order valence-corrected chi connectivity index (χ1v) is 3.22. The Kier molecular flexibility index (Phi) is 0.756. The average molecular weight is 138 g/mol. The molecular weight excluding hydrogens is 128 g/mol. The Balaban J connectivity index is 2.45. The first-order chi connectivity index (χ1) is 5.68. The van der Waals surface area contributed by atoms with Crippen LogP contribution in [-0.2, 0) is 0 Å². The van der Waals surface area contributed by atoms with Crippen molar-refractivity contribution in [2.45, 2.75) is 18.8 Å². The van der Waals surface area contributed by atoms with E-state index in [1.54, 1.807) is 0 Å². The van der Waals surface area contributed by atoms with Gasteiger partial charge in [-0.3, -0.25) is 0 Å². The number of nitrogens with zero attached hydrogens (tertiary/aromatic N) is 2. The fourth-order valence-corrected chi connectivity index (χ4v) is 0.795. The lowest BCUT2D eigenvalue weighted by Crippen LogP contribution is -1.88. The van der Waals surface area contributed by atoms with Crippen molar-refractivity contribution in [3.05, 3.63) is 18.2 Å². The molecule has 0 radical (unpaired) electrons. The van der Waals surface area contributed by atoms with Crippen molar-refractivity contribution in [2.24, 2.45) is 0 Å². The molecule has 0 aromatic carbocycles. The maximum Gasteiger partial charge on any atom is 0.152 e. The molecule has 0 atom stereocenters. The molecule has 1 aliphatic carbocycles. The minimum atomic E-state index is -0.431. The number of hydrogen-bond donors (Lipinski definition) is 1. The van der Waals surface area contributed by atoms with Gasteiger partial charge in [0, 0.05) is 5.92 Å². The third-order valence-electron chi connectivity index (χ3n) is 1.50. The van der Waals surface area contributed by atoms with Crippen molar-refractivity contribution >= 4 is 0 Å². The fourth-order valence-electron chi connectivity index (χ4n) is 0.795. The highest BCUT2D eigenvalue weighted by Gasteiger charge is 2.25. The predicted molar refractivity (Wildman–Crippen MR) is 35.7 cm³/mol. The van der Waals surface area contributed by atoms with Crippen LogP contribution < -0.4 is 0 Å². The lowest BCUT2D eigenvalue weighted by atomic mass is 10.4. The molecule has 3 nitrogen and oxygen atoms in total. The van der Waals surface area contributed by atoms with Gasteiger partial charge in [0.2, 0.25) is 0 Å². The van der Waals surface area contributed by atoms with Gasteiger partial charge in [-0.15, -0.1) is 0 Å². The Bertz CT molecular complexity index is 302. The van der Waals surface area contributed by atoms with E-state index in [4.69, 9.17) is 7.85 Å². The minimum absolute atomic E-state index is 0.239.